The second kappa shape index (κ2) is 4.99. The Hall–Kier alpha value is -0.510. The Kier molecular flexibility index (Phi) is 3.41. The normalized spacial score (nSPS) is 53.9. The standard InChI is InChI=1S/C18H28N2OS/c1-17-10-8-16(22)19-14(17)5-3-11-12-4-6-15(20-21)18(12,2)9-7-13(11)17/h11-15H,3-10H2,1-2H3,(H,19,22). The molecule has 4 heteroatoms. The summed E-state index contributed by atoms with van der Waals surface area (Å²) < 4.78 is 0. The Morgan fingerprint density at radius 3 is 2.59 bits per heavy atom. The molecule has 3 saturated carbocycles. The van der Waals surface area contributed by atoms with E-state index in [0.29, 0.717) is 11.5 Å². The summed E-state index contributed by atoms with van der Waals surface area (Å²) in [5.74, 6) is 2.34. The number of nitroso groups, excluding NO2 is 1. The van der Waals surface area contributed by atoms with Crippen LogP contribution in [0.15, 0.2) is 5.18 Å². The number of rotatable bonds is 1. The lowest BCUT2D eigenvalue weighted by Crippen LogP contribution is -2.60. The molecule has 4 rings (SSSR count). The molecule has 0 amide bonds. The van der Waals surface area contributed by atoms with Crippen molar-refractivity contribution < 1.29 is 0 Å². The molecular weight excluding hydrogens is 292 g/mol. The van der Waals surface area contributed by atoms with E-state index in [9.17, 15) is 4.91 Å². The summed E-state index contributed by atoms with van der Waals surface area (Å²) in [5.41, 5.74) is 0.586. The van der Waals surface area contributed by atoms with Crippen LogP contribution in [0.25, 0.3) is 0 Å². The van der Waals surface area contributed by atoms with Crippen molar-refractivity contribution in [2.45, 2.75) is 77.3 Å². The first kappa shape index (κ1) is 15.0. The third kappa shape index (κ3) is 1.88. The van der Waals surface area contributed by atoms with E-state index >= 15 is 0 Å². The molecule has 7 atom stereocenters. The lowest BCUT2D eigenvalue weighted by atomic mass is 9.47. The van der Waals surface area contributed by atoms with E-state index in [1.165, 1.54) is 38.5 Å². The number of fused-ring (bicyclic) bond motifs is 5. The van der Waals surface area contributed by atoms with Crippen LogP contribution in [0.3, 0.4) is 0 Å². The molecule has 0 spiro atoms. The van der Waals surface area contributed by atoms with E-state index in [1.54, 1.807) is 0 Å². The summed E-state index contributed by atoms with van der Waals surface area (Å²) in [4.78, 5) is 12.4. The van der Waals surface area contributed by atoms with Gasteiger partial charge in [0.05, 0.1) is 11.0 Å². The fourth-order valence-corrected chi connectivity index (χ4v) is 7.09. The van der Waals surface area contributed by atoms with Crippen LogP contribution < -0.4 is 5.32 Å². The van der Waals surface area contributed by atoms with Crippen LogP contribution in [0.4, 0.5) is 0 Å². The molecule has 7 unspecified atom stereocenters. The number of thiocarbonyl (C=S) groups is 1. The molecule has 0 aromatic rings. The van der Waals surface area contributed by atoms with Gasteiger partial charge in [0.25, 0.3) is 0 Å². The highest BCUT2D eigenvalue weighted by Crippen LogP contribution is 2.64. The Morgan fingerprint density at radius 1 is 1.05 bits per heavy atom. The van der Waals surface area contributed by atoms with Crippen molar-refractivity contribution in [3.8, 4) is 0 Å². The second-order valence-corrected chi connectivity index (χ2v) is 9.32. The minimum absolute atomic E-state index is 0.0704. The molecular formula is C18H28N2OS. The maximum absolute atomic E-state index is 11.3. The zero-order valence-electron chi connectivity index (χ0n) is 13.8. The molecule has 122 valence electrons. The SMILES string of the molecule is CC12CCC3C(CCC4NC(=S)CCC43C)C1CCC2N=O. The van der Waals surface area contributed by atoms with E-state index < -0.39 is 0 Å². The molecule has 1 saturated heterocycles. The average Bonchev–Trinajstić information content (AvgIpc) is 2.84. The van der Waals surface area contributed by atoms with Gasteiger partial charge in [-0.15, -0.1) is 0 Å². The zero-order chi connectivity index (χ0) is 15.5. The van der Waals surface area contributed by atoms with Crippen LogP contribution >= 0.6 is 12.2 Å². The molecule has 0 radical (unpaired) electrons. The minimum Gasteiger partial charge on any atom is -0.376 e. The first-order valence-electron chi connectivity index (χ1n) is 9.11. The van der Waals surface area contributed by atoms with Crippen molar-refractivity contribution in [1.82, 2.24) is 5.32 Å². The average molecular weight is 321 g/mol. The van der Waals surface area contributed by atoms with Gasteiger partial charge >= 0.3 is 0 Å². The van der Waals surface area contributed by atoms with E-state index in [0.717, 1.165) is 35.6 Å². The quantitative estimate of drug-likeness (QED) is 0.573. The van der Waals surface area contributed by atoms with Crippen LogP contribution in [0, 0.1) is 33.5 Å². The Morgan fingerprint density at radius 2 is 1.82 bits per heavy atom. The molecule has 0 bridgehead atoms. The number of nitrogens with one attached hydrogen (secondary N) is 1. The largest absolute Gasteiger partial charge is 0.376 e. The maximum atomic E-state index is 11.3. The van der Waals surface area contributed by atoms with Crippen molar-refractivity contribution in [1.29, 1.82) is 0 Å². The first-order chi connectivity index (χ1) is 10.5. The van der Waals surface area contributed by atoms with Crippen LogP contribution in [0.1, 0.15) is 65.2 Å². The van der Waals surface area contributed by atoms with Gasteiger partial charge in [-0.1, -0.05) is 31.2 Å². The zero-order valence-corrected chi connectivity index (χ0v) is 14.6. The summed E-state index contributed by atoms with van der Waals surface area (Å²) in [5, 5.41) is 7.15. The van der Waals surface area contributed by atoms with Gasteiger partial charge in [0, 0.05) is 6.04 Å². The molecule has 1 aliphatic heterocycles. The predicted molar refractivity (Wildman–Crippen MR) is 92.7 cm³/mol. The summed E-state index contributed by atoms with van der Waals surface area (Å²) in [6, 6.07) is 0.654. The number of hydrogen-bond acceptors (Lipinski definition) is 3. The lowest BCUT2D eigenvalue weighted by Gasteiger charge is -2.60. The van der Waals surface area contributed by atoms with E-state index in [2.05, 4.69) is 24.3 Å². The number of piperidine rings is 1. The first-order valence-corrected chi connectivity index (χ1v) is 9.52. The minimum atomic E-state index is 0.0704. The molecule has 1 heterocycles. The van der Waals surface area contributed by atoms with E-state index in [1.807, 2.05) is 0 Å². The monoisotopic (exact) mass is 320 g/mol. The summed E-state index contributed by atoms with van der Waals surface area (Å²) in [7, 11) is 0. The smallest absolute Gasteiger partial charge is 0.0975 e. The van der Waals surface area contributed by atoms with Gasteiger partial charge in [0.1, 0.15) is 0 Å². The fourth-order valence-electron chi connectivity index (χ4n) is 6.85. The van der Waals surface area contributed by atoms with E-state index in [-0.39, 0.29) is 11.5 Å². The van der Waals surface area contributed by atoms with Crippen molar-refractivity contribution in [3.63, 3.8) is 0 Å². The van der Waals surface area contributed by atoms with Crippen LogP contribution in [-0.4, -0.2) is 17.1 Å². The number of hydrogen-bond donors (Lipinski definition) is 1. The second-order valence-electron chi connectivity index (χ2n) is 8.82. The molecule has 0 aromatic carbocycles. The third-order valence-corrected chi connectivity index (χ3v) is 8.49. The lowest BCUT2D eigenvalue weighted by molar-refractivity contribution is -0.0784. The molecule has 3 aliphatic carbocycles. The van der Waals surface area contributed by atoms with Gasteiger partial charge in [-0.25, -0.2) is 0 Å². The van der Waals surface area contributed by atoms with Crippen LogP contribution in [0.5, 0.6) is 0 Å². The van der Waals surface area contributed by atoms with Gasteiger partial charge in [0.15, 0.2) is 0 Å². The summed E-state index contributed by atoms with van der Waals surface area (Å²) in [6.07, 6.45) is 9.61. The Bertz CT molecular complexity index is 509. The molecule has 4 fully saturated rings. The number of nitrogens with zero attached hydrogens (tertiary/aromatic N) is 1. The Balaban J connectivity index is 1.63. The van der Waals surface area contributed by atoms with Gasteiger partial charge < -0.3 is 5.32 Å². The van der Waals surface area contributed by atoms with Gasteiger partial charge in [-0.3, -0.25) is 0 Å². The summed E-state index contributed by atoms with van der Waals surface area (Å²) in [6.45, 7) is 4.87. The predicted octanol–water partition coefficient (Wildman–Crippen LogP) is 4.44. The van der Waals surface area contributed by atoms with Crippen molar-refractivity contribution >= 4 is 17.2 Å². The van der Waals surface area contributed by atoms with Crippen LogP contribution in [0.2, 0.25) is 0 Å². The van der Waals surface area contributed by atoms with Crippen molar-refractivity contribution in [2.75, 3.05) is 0 Å². The van der Waals surface area contributed by atoms with Gasteiger partial charge in [-0.2, -0.15) is 4.91 Å². The topological polar surface area (TPSA) is 41.5 Å². The Labute approximate surface area is 139 Å². The van der Waals surface area contributed by atoms with E-state index in [4.69, 9.17) is 12.2 Å². The van der Waals surface area contributed by atoms with Gasteiger partial charge in [-0.05, 0) is 80.0 Å². The molecule has 0 aromatic heterocycles. The summed E-state index contributed by atoms with van der Waals surface area (Å²) >= 11 is 5.44. The van der Waals surface area contributed by atoms with Crippen molar-refractivity contribution in [2.24, 2.45) is 33.8 Å². The molecule has 4 aliphatic rings. The van der Waals surface area contributed by atoms with Crippen LogP contribution in [-0.2, 0) is 0 Å². The highest BCUT2D eigenvalue weighted by molar-refractivity contribution is 7.80. The molecule has 22 heavy (non-hydrogen) atoms. The van der Waals surface area contributed by atoms with Gasteiger partial charge in [0.2, 0.25) is 0 Å². The molecule has 3 nitrogen and oxygen atoms in total. The molecule has 1 N–H and O–H groups in total. The highest BCUT2D eigenvalue weighted by atomic mass is 32.1. The fraction of sp³-hybridized carbons (Fsp3) is 0.944. The maximum Gasteiger partial charge on any atom is 0.0975 e. The van der Waals surface area contributed by atoms with Crippen molar-refractivity contribution in [3.05, 3.63) is 4.91 Å². The highest BCUT2D eigenvalue weighted by Gasteiger charge is 2.60. The third-order valence-electron chi connectivity index (χ3n) is 8.17.